The number of methoxy groups -OCH3 is 1. The number of benzene rings is 2. The first kappa shape index (κ1) is 34.2. The Morgan fingerprint density at radius 3 is 2.51 bits per heavy atom. The summed E-state index contributed by atoms with van der Waals surface area (Å²) in [6, 6.07) is 13.6. The van der Waals surface area contributed by atoms with Gasteiger partial charge in [0.2, 0.25) is 11.8 Å². The quantitative estimate of drug-likeness (QED) is 0.184. The first-order chi connectivity index (χ1) is 19.8. The van der Waals surface area contributed by atoms with E-state index in [2.05, 4.69) is 36.5 Å². The van der Waals surface area contributed by atoms with E-state index in [1.807, 2.05) is 17.9 Å². The minimum absolute atomic E-state index is 0.0286. The number of primary amides is 1. The van der Waals surface area contributed by atoms with E-state index in [0.29, 0.717) is 51.3 Å². The Bertz CT molecular complexity index is 1050. The minimum atomic E-state index is -0.390. The molecule has 0 bridgehead atoms. The molecule has 3 N–H and O–H groups in total. The van der Waals surface area contributed by atoms with E-state index in [9.17, 15) is 14.0 Å². The lowest BCUT2D eigenvalue weighted by atomic mass is 10.1. The zero-order chi connectivity index (χ0) is 29.9. The Balaban J connectivity index is 1.79. The number of halogens is 1. The molecule has 0 aliphatic rings. The highest BCUT2D eigenvalue weighted by Crippen LogP contribution is 2.20. The average Bonchev–Trinajstić information content (AvgIpc) is 2.95. The zero-order valence-electron chi connectivity index (χ0n) is 25.3. The summed E-state index contributed by atoms with van der Waals surface area (Å²) < 4.78 is 25.8. The normalized spacial score (nSPS) is 11.8. The lowest BCUT2D eigenvalue weighted by Gasteiger charge is -2.25. The molecule has 2 aromatic rings. The van der Waals surface area contributed by atoms with Gasteiger partial charge in [0.1, 0.15) is 11.6 Å². The van der Waals surface area contributed by atoms with Gasteiger partial charge in [-0.1, -0.05) is 38.1 Å². The van der Waals surface area contributed by atoms with E-state index in [-0.39, 0.29) is 30.0 Å². The standard InChI is InChI=1S/C33H50FN3O4/c1-4-17-37(33(39)14-9-13-32(35)38)18-15-29(24-40-3)25-41-31-21-27(20-30(34)22-31)10-6-7-16-36-23-28-12-8-11-26(5-2)19-28/h8,11-12,19-22,29,36H,4-7,9-10,13-18,23-25H2,1-3H3,(H2,35,38). The van der Waals surface area contributed by atoms with Crippen molar-refractivity contribution in [1.29, 1.82) is 0 Å². The molecule has 2 rings (SSSR count). The van der Waals surface area contributed by atoms with Crippen LogP contribution in [0.25, 0.3) is 0 Å². The largest absolute Gasteiger partial charge is 0.493 e. The highest BCUT2D eigenvalue weighted by molar-refractivity contribution is 5.78. The number of carbonyl (C=O) groups excluding carboxylic acids is 2. The van der Waals surface area contributed by atoms with Crippen molar-refractivity contribution in [3.05, 3.63) is 65.0 Å². The predicted octanol–water partition coefficient (Wildman–Crippen LogP) is 5.43. The Morgan fingerprint density at radius 1 is 0.976 bits per heavy atom. The van der Waals surface area contributed by atoms with Crippen LogP contribution in [0.1, 0.15) is 75.5 Å². The van der Waals surface area contributed by atoms with Crippen LogP contribution >= 0.6 is 0 Å². The van der Waals surface area contributed by atoms with Gasteiger partial charge in [-0.3, -0.25) is 9.59 Å². The molecule has 8 heteroatoms. The monoisotopic (exact) mass is 571 g/mol. The number of unbranched alkanes of at least 4 members (excludes halogenated alkanes) is 1. The summed E-state index contributed by atoms with van der Waals surface area (Å²) in [5, 5.41) is 3.50. The number of nitrogens with two attached hydrogens (primary N) is 1. The van der Waals surface area contributed by atoms with Gasteiger partial charge < -0.3 is 25.4 Å². The molecular formula is C33H50FN3O4. The molecule has 228 valence electrons. The Morgan fingerprint density at radius 2 is 1.78 bits per heavy atom. The van der Waals surface area contributed by atoms with Crippen LogP contribution in [0.3, 0.4) is 0 Å². The fourth-order valence-electron chi connectivity index (χ4n) is 4.83. The van der Waals surface area contributed by atoms with Gasteiger partial charge in [0.05, 0.1) is 13.2 Å². The Kier molecular flexibility index (Phi) is 16.7. The van der Waals surface area contributed by atoms with Gasteiger partial charge in [-0.15, -0.1) is 0 Å². The predicted molar refractivity (Wildman–Crippen MR) is 162 cm³/mol. The number of hydrogen-bond donors (Lipinski definition) is 2. The topological polar surface area (TPSA) is 93.9 Å². The summed E-state index contributed by atoms with van der Waals surface area (Å²) in [5.41, 5.74) is 8.77. The fourth-order valence-corrected chi connectivity index (χ4v) is 4.83. The summed E-state index contributed by atoms with van der Waals surface area (Å²) in [6.07, 6.45) is 6.32. The van der Waals surface area contributed by atoms with Crippen LogP contribution in [-0.2, 0) is 33.7 Å². The molecule has 0 aliphatic heterocycles. The van der Waals surface area contributed by atoms with Gasteiger partial charge >= 0.3 is 0 Å². The summed E-state index contributed by atoms with van der Waals surface area (Å²) in [6.45, 7) is 8.05. The number of carbonyl (C=O) groups is 2. The second-order valence-corrected chi connectivity index (χ2v) is 10.7. The SMILES string of the molecule is CCCN(CCC(COC)COc1cc(F)cc(CCCCNCc2cccc(CC)c2)c1)C(=O)CCCC(N)=O. The molecule has 0 aromatic heterocycles. The summed E-state index contributed by atoms with van der Waals surface area (Å²) in [4.78, 5) is 25.5. The highest BCUT2D eigenvalue weighted by Gasteiger charge is 2.17. The van der Waals surface area contributed by atoms with Gasteiger partial charge in [-0.2, -0.15) is 0 Å². The minimum Gasteiger partial charge on any atom is -0.493 e. The van der Waals surface area contributed by atoms with Crippen LogP contribution in [0.2, 0.25) is 0 Å². The molecule has 0 saturated carbocycles. The Hall–Kier alpha value is -2.97. The molecule has 0 aliphatic carbocycles. The number of nitrogens with zero attached hydrogens (tertiary/aromatic N) is 1. The van der Waals surface area contributed by atoms with Crippen LogP contribution in [0.4, 0.5) is 4.39 Å². The van der Waals surface area contributed by atoms with Crippen LogP contribution < -0.4 is 15.8 Å². The molecule has 0 saturated heterocycles. The fraction of sp³-hybridized carbons (Fsp3) is 0.576. The summed E-state index contributed by atoms with van der Waals surface area (Å²) in [7, 11) is 1.64. The van der Waals surface area contributed by atoms with Crippen LogP contribution in [-0.4, -0.2) is 56.7 Å². The highest BCUT2D eigenvalue weighted by atomic mass is 19.1. The zero-order valence-corrected chi connectivity index (χ0v) is 25.3. The number of ether oxygens (including phenoxy) is 2. The third kappa shape index (κ3) is 14.5. The van der Waals surface area contributed by atoms with E-state index in [0.717, 1.165) is 50.8 Å². The van der Waals surface area contributed by atoms with Gasteiger partial charge in [0.15, 0.2) is 0 Å². The summed E-state index contributed by atoms with van der Waals surface area (Å²) >= 11 is 0. The Labute approximate surface area is 246 Å². The van der Waals surface area contributed by atoms with Crippen molar-refractivity contribution < 1.29 is 23.5 Å². The maximum atomic E-state index is 14.4. The molecular weight excluding hydrogens is 521 g/mol. The van der Waals surface area contributed by atoms with E-state index in [1.54, 1.807) is 13.2 Å². The molecule has 1 atom stereocenters. The number of hydrogen-bond acceptors (Lipinski definition) is 5. The molecule has 41 heavy (non-hydrogen) atoms. The molecule has 2 aromatic carbocycles. The molecule has 7 nitrogen and oxygen atoms in total. The maximum Gasteiger partial charge on any atom is 0.222 e. The number of nitrogens with one attached hydrogen (secondary N) is 1. The average molecular weight is 572 g/mol. The van der Waals surface area contributed by atoms with E-state index in [1.165, 1.54) is 17.2 Å². The van der Waals surface area contributed by atoms with Gasteiger partial charge in [-0.25, -0.2) is 4.39 Å². The molecule has 2 amide bonds. The van der Waals surface area contributed by atoms with Crippen molar-refractivity contribution >= 4 is 11.8 Å². The van der Waals surface area contributed by atoms with Crippen LogP contribution in [0, 0.1) is 11.7 Å². The van der Waals surface area contributed by atoms with Crippen molar-refractivity contribution in [3.8, 4) is 5.75 Å². The first-order valence-electron chi connectivity index (χ1n) is 15.1. The third-order valence-electron chi connectivity index (χ3n) is 7.08. The van der Waals surface area contributed by atoms with E-state index >= 15 is 0 Å². The number of amides is 2. The molecule has 0 spiro atoms. The van der Waals surface area contributed by atoms with Gasteiger partial charge in [0, 0.05) is 51.6 Å². The summed E-state index contributed by atoms with van der Waals surface area (Å²) in [5.74, 6) is -0.0956. The lowest BCUT2D eigenvalue weighted by molar-refractivity contribution is -0.131. The number of aryl methyl sites for hydroxylation is 2. The van der Waals surface area contributed by atoms with E-state index < -0.39 is 0 Å². The smallest absolute Gasteiger partial charge is 0.222 e. The number of rotatable bonds is 22. The van der Waals surface area contributed by atoms with Gasteiger partial charge in [-0.05, 0) is 80.3 Å². The molecule has 0 radical (unpaired) electrons. The molecule has 0 fully saturated rings. The van der Waals surface area contributed by atoms with Crippen molar-refractivity contribution in [2.45, 2.75) is 78.2 Å². The second kappa shape index (κ2) is 20.0. The van der Waals surface area contributed by atoms with Crippen LogP contribution in [0.5, 0.6) is 5.75 Å². The van der Waals surface area contributed by atoms with E-state index in [4.69, 9.17) is 15.2 Å². The van der Waals surface area contributed by atoms with Crippen LogP contribution in [0.15, 0.2) is 42.5 Å². The first-order valence-corrected chi connectivity index (χ1v) is 15.1. The van der Waals surface area contributed by atoms with Crippen molar-refractivity contribution in [2.24, 2.45) is 11.7 Å². The van der Waals surface area contributed by atoms with Crippen molar-refractivity contribution in [1.82, 2.24) is 10.2 Å². The van der Waals surface area contributed by atoms with Crippen molar-refractivity contribution in [3.63, 3.8) is 0 Å². The maximum absolute atomic E-state index is 14.4. The lowest BCUT2D eigenvalue weighted by Crippen LogP contribution is -2.34. The molecule has 1 unspecified atom stereocenters. The second-order valence-electron chi connectivity index (χ2n) is 10.7. The van der Waals surface area contributed by atoms with Gasteiger partial charge in [0.25, 0.3) is 0 Å². The van der Waals surface area contributed by atoms with Crippen molar-refractivity contribution in [2.75, 3.05) is 40.0 Å². The molecule has 0 heterocycles. The third-order valence-corrected chi connectivity index (χ3v) is 7.08.